The third-order valence-corrected chi connectivity index (χ3v) is 2.08. The second-order valence-corrected chi connectivity index (χ2v) is 3.32. The first-order chi connectivity index (χ1) is 7.37. The summed E-state index contributed by atoms with van der Waals surface area (Å²) in [5.74, 6) is -3.41. The average Bonchev–Trinajstić information content (AvgIpc) is 2.16. The number of esters is 1. The van der Waals surface area contributed by atoms with Gasteiger partial charge in [0.2, 0.25) is 5.60 Å². The van der Waals surface area contributed by atoms with Gasteiger partial charge in [-0.15, -0.1) is 0 Å². The van der Waals surface area contributed by atoms with Gasteiger partial charge >= 0.3 is 17.9 Å². The van der Waals surface area contributed by atoms with Crippen molar-refractivity contribution in [3.63, 3.8) is 0 Å². The summed E-state index contributed by atoms with van der Waals surface area (Å²) in [5.41, 5.74) is -2.03. The number of aliphatic carboxylic acids is 2. The standard InChI is InChI=1S/C10H10O6/c1-6(11)16-10(9(14)15)4-2-3-7(5-10)8(12)13/h2-4H,5H2,1H3,(H,12,13)(H,14,15). The Hall–Kier alpha value is -2.11. The second-order valence-electron chi connectivity index (χ2n) is 3.32. The van der Waals surface area contributed by atoms with Gasteiger partial charge in [0.15, 0.2) is 0 Å². The van der Waals surface area contributed by atoms with Crippen LogP contribution in [0.1, 0.15) is 13.3 Å². The van der Waals surface area contributed by atoms with Crippen LogP contribution in [-0.2, 0) is 19.1 Å². The zero-order valence-corrected chi connectivity index (χ0v) is 8.47. The number of carbonyl (C=O) groups is 3. The number of carboxylic acids is 2. The molecule has 0 aromatic heterocycles. The molecule has 0 aliphatic heterocycles. The lowest BCUT2D eigenvalue weighted by Gasteiger charge is -2.27. The molecule has 0 fully saturated rings. The van der Waals surface area contributed by atoms with Crippen LogP contribution in [-0.4, -0.2) is 33.7 Å². The van der Waals surface area contributed by atoms with Crippen molar-refractivity contribution in [3.05, 3.63) is 23.8 Å². The van der Waals surface area contributed by atoms with E-state index in [0.717, 1.165) is 13.0 Å². The Bertz CT molecular complexity index is 406. The summed E-state index contributed by atoms with van der Waals surface area (Å²) in [6.45, 7) is 1.07. The third kappa shape index (κ3) is 2.28. The van der Waals surface area contributed by atoms with Gasteiger partial charge < -0.3 is 14.9 Å². The van der Waals surface area contributed by atoms with E-state index in [4.69, 9.17) is 14.9 Å². The molecular weight excluding hydrogens is 216 g/mol. The number of carbonyl (C=O) groups excluding carboxylic acids is 1. The number of ether oxygens (including phenoxy) is 1. The fourth-order valence-corrected chi connectivity index (χ4v) is 1.38. The molecule has 1 atom stereocenters. The van der Waals surface area contributed by atoms with Gasteiger partial charge in [-0.05, 0) is 6.08 Å². The Morgan fingerprint density at radius 3 is 2.44 bits per heavy atom. The summed E-state index contributed by atoms with van der Waals surface area (Å²) in [7, 11) is 0. The fraction of sp³-hybridized carbons (Fsp3) is 0.300. The molecule has 2 N–H and O–H groups in total. The van der Waals surface area contributed by atoms with Crippen LogP contribution in [0, 0.1) is 0 Å². The first kappa shape index (κ1) is 12.0. The summed E-state index contributed by atoms with van der Waals surface area (Å²) >= 11 is 0. The summed E-state index contributed by atoms with van der Waals surface area (Å²) < 4.78 is 4.69. The molecule has 0 amide bonds. The molecule has 6 heteroatoms. The van der Waals surface area contributed by atoms with Gasteiger partial charge in [0.05, 0.1) is 0 Å². The van der Waals surface area contributed by atoms with E-state index in [0.29, 0.717) is 0 Å². The number of carboxylic acid groups (broad SMARTS) is 2. The van der Waals surface area contributed by atoms with Crippen molar-refractivity contribution >= 4 is 17.9 Å². The minimum atomic E-state index is -1.91. The zero-order chi connectivity index (χ0) is 12.3. The lowest BCUT2D eigenvalue weighted by Crippen LogP contribution is -2.43. The molecule has 0 heterocycles. The molecule has 0 saturated heterocycles. The van der Waals surface area contributed by atoms with Crippen LogP contribution >= 0.6 is 0 Å². The molecule has 16 heavy (non-hydrogen) atoms. The molecule has 1 aliphatic carbocycles. The average molecular weight is 226 g/mol. The summed E-state index contributed by atoms with van der Waals surface area (Å²) in [6, 6.07) is 0. The predicted molar refractivity (Wildman–Crippen MR) is 51.6 cm³/mol. The maximum atomic E-state index is 11.0. The molecule has 1 unspecified atom stereocenters. The Kier molecular flexibility index (Phi) is 3.12. The first-order valence-electron chi connectivity index (χ1n) is 4.42. The predicted octanol–water partition coefficient (Wildman–Crippen LogP) is 0.344. The SMILES string of the molecule is CC(=O)OC1(C(=O)O)C=CC=C(C(=O)O)C1. The van der Waals surface area contributed by atoms with Crippen LogP contribution in [0.2, 0.25) is 0 Å². The van der Waals surface area contributed by atoms with Crippen LogP contribution in [0.3, 0.4) is 0 Å². The number of hydrogen-bond donors (Lipinski definition) is 2. The lowest BCUT2D eigenvalue weighted by molar-refractivity contribution is -0.171. The van der Waals surface area contributed by atoms with Crippen LogP contribution in [0.25, 0.3) is 0 Å². The van der Waals surface area contributed by atoms with Gasteiger partial charge in [-0.3, -0.25) is 4.79 Å². The molecule has 1 aliphatic rings. The lowest BCUT2D eigenvalue weighted by atomic mass is 9.89. The molecule has 0 bridgehead atoms. The van der Waals surface area contributed by atoms with Crippen molar-refractivity contribution in [2.24, 2.45) is 0 Å². The van der Waals surface area contributed by atoms with Crippen LogP contribution in [0.4, 0.5) is 0 Å². The Morgan fingerprint density at radius 2 is 2.00 bits per heavy atom. The topological polar surface area (TPSA) is 101 Å². The van der Waals surface area contributed by atoms with E-state index < -0.39 is 23.5 Å². The first-order valence-corrected chi connectivity index (χ1v) is 4.42. The quantitative estimate of drug-likeness (QED) is 0.673. The fourth-order valence-electron chi connectivity index (χ4n) is 1.38. The van der Waals surface area contributed by atoms with Crippen molar-refractivity contribution in [1.82, 2.24) is 0 Å². The highest BCUT2D eigenvalue weighted by atomic mass is 16.6. The van der Waals surface area contributed by atoms with Gasteiger partial charge in [-0.2, -0.15) is 0 Å². The monoisotopic (exact) mass is 226 g/mol. The van der Waals surface area contributed by atoms with E-state index in [1.165, 1.54) is 12.2 Å². The molecule has 0 aromatic rings. The van der Waals surface area contributed by atoms with E-state index in [1.54, 1.807) is 0 Å². The summed E-state index contributed by atoms with van der Waals surface area (Å²) in [4.78, 5) is 32.6. The molecule has 0 saturated carbocycles. The Balaban J connectivity index is 3.04. The van der Waals surface area contributed by atoms with Gasteiger partial charge in [-0.1, -0.05) is 12.2 Å². The van der Waals surface area contributed by atoms with Crippen LogP contribution in [0.5, 0.6) is 0 Å². The van der Waals surface area contributed by atoms with Crippen molar-refractivity contribution < 1.29 is 29.3 Å². The highest BCUT2D eigenvalue weighted by Crippen LogP contribution is 2.27. The van der Waals surface area contributed by atoms with Gasteiger partial charge in [0, 0.05) is 18.9 Å². The Morgan fingerprint density at radius 1 is 1.38 bits per heavy atom. The highest BCUT2D eigenvalue weighted by molar-refractivity contribution is 5.92. The van der Waals surface area contributed by atoms with Gasteiger partial charge in [-0.25, -0.2) is 9.59 Å². The van der Waals surface area contributed by atoms with Crippen molar-refractivity contribution in [2.75, 3.05) is 0 Å². The molecule has 0 radical (unpaired) electrons. The maximum Gasteiger partial charge on any atom is 0.352 e. The normalized spacial score (nSPS) is 23.4. The van der Waals surface area contributed by atoms with Gasteiger partial charge in [0.1, 0.15) is 0 Å². The van der Waals surface area contributed by atoms with E-state index in [1.807, 2.05) is 0 Å². The third-order valence-electron chi connectivity index (χ3n) is 2.08. The molecule has 86 valence electrons. The smallest absolute Gasteiger partial charge is 0.352 e. The van der Waals surface area contributed by atoms with Crippen molar-refractivity contribution in [1.29, 1.82) is 0 Å². The van der Waals surface area contributed by atoms with Crippen LogP contribution < -0.4 is 0 Å². The number of hydrogen-bond acceptors (Lipinski definition) is 4. The Labute approximate surface area is 90.8 Å². The second kappa shape index (κ2) is 4.18. The molecular formula is C10H10O6. The molecule has 6 nitrogen and oxygen atoms in total. The largest absolute Gasteiger partial charge is 0.478 e. The zero-order valence-electron chi connectivity index (χ0n) is 8.47. The highest BCUT2D eigenvalue weighted by Gasteiger charge is 2.42. The van der Waals surface area contributed by atoms with E-state index >= 15 is 0 Å². The van der Waals surface area contributed by atoms with E-state index in [-0.39, 0.29) is 12.0 Å². The van der Waals surface area contributed by atoms with Crippen molar-refractivity contribution in [3.8, 4) is 0 Å². The minimum absolute atomic E-state index is 0.119. The summed E-state index contributed by atoms with van der Waals surface area (Å²) in [5, 5.41) is 17.7. The summed E-state index contributed by atoms with van der Waals surface area (Å²) in [6.07, 6.45) is 3.30. The van der Waals surface area contributed by atoms with Crippen LogP contribution in [0.15, 0.2) is 23.8 Å². The molecule has 0 spiro atoms. The van der Waals surface area contributed by atoms with E-state index in [9.17, 15) is 14.4 Å². The van der Waals surface area contributed by atoms with Gasteiger partial charge in [0.25, 0.3) is 0 Å². The molecule has 0 aromatic carbocycles. The number of allylic oxidation sites excluding steroid dienone is 2. The maximum absolute atomic E-state index is 11.0. The van der Waals surface area contributed by atoms with Crippen molar-refractivity contribution in [2.45, 2.75) is 18.9 Å². The van der Waals surface area contributed by atoms with E-state index in [2.05, 4.69) is 0 Å². The molecule has 1 rings (SSSR count). The number of rotatable bonds is 3. The minimum Gasteiger partial charge on any atom is -0.478 e.